The van der Waals surface area contributed by atoms with Crippen molar-refractivity contribution in [2.75, 3.05) is 0 Å². The molecule has 0 aliphatic carbocycles. The number of hydrogen-bond donors (Lipinski definition) is 1. The first-order valence-corrected chi connectivity index (χ1v) is 11.0. The first-order valence-electron chi connectivity index (χ1n) is 11.0. The van der Waals surface area contributed by atoms with Gasteiger partial charge in [0.25, 0.3) is 5.95 Å². The quantitative estimate of drug-likeness (QED) is 0.373. The van der Waals surface area contributed by atoms with E-state index in [0.29, 0.717) is 24.9 Å². The second-order valence-electron chi connectivity index (χ2n) is 7.75. The van der Waals surface area contributed by atoms with Crippen LogP contribution in [0.4, 0.5) is 0 Å². The van der Waals surface area contributed by atoms with Crippen LogP contribution in [0, 0.1) is 0 Å². The molecular formula is C22H23N11O. The van der Waals surface area contributed by atoms with Crippen molar-refractivity contribution in [2.24, 2.45) is 0 Å². The average Bonchev–Trinajstić information content (AvgIpc) is 3.62. The molecule has 4 heterocycles. The highest BCUT2D eigenvalue weighted by atomic mass is 16.2. The van der Waals surface area contributed by atoms with E-state index in [1.165, 1.54) is 4.57 Å². The molecule has 34 heavy (non-hydrogen) atoms. The molecule has 4 aromatic heterocycles. The molecular weight excluding hydrogens is 434 g/mol. The van der Waals surface area contributed by atoms with Gasteiger partial charge in [-0.3, -0.25) is 9.55 Å². The summed E-state index contributed by atoms with van der Waals surface area (Å²) in [5, 5.41) is 25.9. The fourth-order valence-corrected chi connectivity index (χ4v) is 3.96. The van der Waals surface area contributed by atoms with Crippen LogP contribution >= 0.6 is 0 Å². The van der Waals surface area contributed by atoms with E-state index in [9.17, 15) is 4.79 Å². The topological polar surface area (TPSA) is 138 Å². The van der Waals surface area contributed by atoms with Crippen molar-refractivity contribution in [3.8, 4) is 28.5 Å². The van der Waals surface area contributed by atoms with E-state index in [1.807, 2.05) is 43.5 Å². The van der Waals surface area contributed by atoms with Gasteiger partial charge < -0.3 is 0 Å². The number of nitrogens with zero attached hydrogens (tertiary/aromatic N) is 10. The first kappa shape index (κ1) is 21.4. The number of aryl methyl sites for hydroxylation is 2. The predicted octanol–water partition coefficient (Wildman–Crippen LogP) is 1.89. The molecule has 0 atom stereocenters. The van der Waals surface area contributed by atoms with Crippen LogP contribution in [0.15, 0.2) is 53.7 Å². The van der Waals surface area contributed by atoms with Crippen molar-refractivity contribution in [1.82, 2.24) is 54.9 Å². The zero-order chi connectivity index (χ0) is 23.5. The molecule has 0 spiro atoms. The minimum absolute atomic E-state index is 0.185. The number of aromatic nitrogens is 11. The third-order valence-corrected chi connectivity index (χ3v) is 5.63. The second-order valence-corrected chi connectivity index (χ2v) is 7.75. The Hall–Kier alpha value is -4.48. The molecule has 0 saturated heterocycles. The molecule has 172 valence electrons. The summed E-state index contributed by atoms with van der Waals surface area (Å²) in [5.41, 5.74) is 4.53. The molecule has 0 unspecified atom stereocenters. The summed E-state index contributed by atoms with van der Waals surface area (Å²) >= 11 is 0. The number of tetrazole rings is 2. The molecule has 12 heteroatoms. The number of aromatic amines is 1. The Bertz CT molecular complexity index is 1450. The Morgan fingerprint density at radius 3 is 2.59 bits per heavy atom. The van der Waals surface area contributed by atoms with Crippen molar-refractivity contribution >= 4 is 0 Å². The van der Waals surface area contributed by atoms with Gasteiger partial charge >= 0.3 is 5.69 Å². The third-order valence-electron chi connectivity index (χ3n) is 5.63. The molecule has 0 bridgehead atoms. The van der Waals surface area contributed by atoms with Crippen LogP contribution in [0.5, 0.6) is 0 Å². The van der Waals surface area contributed by atoms with Gasteiger partial charge in [0.1, 0.15) is 0 Å². The van der Waals surface area contributed by atoms with E-state index in [4.69, 9.17) is 0 Å². The molecule has 0 radical (unpaired) electrons. The first-order chi connectivity index (χ1) is 16.7. The van der Waals surface area contributed by atoms with Crippen molar-refractivity contribution in [1.29, 1.82) is 0 Å². The number of rotatable bonds is 8. The Morgan fingerprint density at radius 1 is 1.03 bits per heavy atom. The van der Waals surface area contributed by atoms with Gasteiger partial charge in [-0.15, -0.1) is 10.2 Å². The maximum atomic E-state index is 13.4. The van der Waals surface area contributed by atoms with Crippen LogP contribution in [0.1, 0.15) is 31.5 Å². The minimum Gasteiger partial charge on any atom is -0.291 e. The van der Waals surface area contributed by atoms with Gasteiger partial charge in [0.2, 0.25) is 5.82 Å². The maximum Gasteiger partial charge on any atom is 0.335 e. The molecule has 1 aromatic carbocycles. The number of nitrogens with one attached hydrogen (secondary N) is 1. The third kappa shape index (κ3) is 3.89. The van der Waals surface area contributed by atoms with Crippen molar-refractivity contribution in [2.45, 2.75) is 39.8 Å². The lowest BCUT2D eigenvalue weighted by Crippen LogP contribution is -2.26. The van der Waals surface area contributed by atoms with E-state index in [1.54, 1.807) is 21.6 Å². The van der Waals surface area contributed by atoms with Gasteiger partial charge in [-0.05, 0) is 51.7 Å². The number of hydrogen-bond acceptors (Lipinski definition) is 8. The lowest BCUT2D eigenvalue weighted by molar-refractivity contribution is 0.603. The summed E-state index contributed by atoms with van der Waals surface area (Å²) < 4.78 is 4.89. The van der Waals surface area contributed by atoms with Crippen molar-refractivity contribution < 1.29 is 0 Å². The summed E-state index contributed by atoms with van der Waals surface area (Å²) in [6.45, 7) is 4.96. The van der Waals surface area contributed by atoms with E-state index in [0.717, 1.165) is 40.8 Å². The number of benzene rings is 1. The van der Waals surface area contributed by atoms with E-state index in [-0.39, 0.29) is 5.69 Å². The van der Waals surface area contributed by atoms with Gasteiger partial charge in [-0.25, -0.2) is 14.0 Å². The summed E-state index contributed by atoms with van der Waals surface area (Å²) in [7, 11) is 0. The standard InChI is InChI=1S/C22H23N11O/c1-3-5-18-14-32(21-26-29-30-33(21)4-2)22(34)31(18)13-17-12-23-11-10-19(17)15-6-8-16(9-7-15)20-24-27-28-25-20/h6-12,14H,3-5,13H2,1-2H3,(H,24,25,27,28). The normalized spacial score (nSPS) is 11.2. The highest BCUT2D eigenvalue weighted by Gasteiger charge is 2.18. The summed E-state index contributed by atoms with van der Waals surface area (Å²) in [5.74, 6) is 0.945. The number of H-pyrrole nitrogens is 1. The lowest BCUT2D eigenvalue weighted by atomic mass is 10.00. The smallest absolute Gasteiger partial charge is 0.291 e. The lowest BCUT2D eigenvalue weighted by Gasteiger charge is -2.12. The zero-order valence-electron chi connectivity index (χ0n) is 18.8. The Morgan fingerprint density at radius 2 is 1.85 bits per heavy atom. The molecule has 5 rings (SSSR count). The molecule has 0 fully saturated rings. The molecule has 0 amide bonds. The largest absolute Gasteiger partial charge is 0.335 e. The van der Waals surface area contributed by atoms with Gasteiger partial charge in [-0.1, -0.05) is 42.7 Å². The van der Waals surface area contributed by atoms with Crippen molar-refractivity contribution in [3.05, 3.63) is 70.7 Å². The number of pyridine rings is 1. The van der Waals surface area contributed by atoms with Crippen LogP contribution in [-0.2, 0) is 19.5 Å². The van der Waals surface area contributed by atoms with Gasteiger partial charge in [-0.2, -0.15) is 5.21 Å². The SMILES string of the molecule is CCCc1cn(-c2nnnn2CC)c(=O)n1Cc1cnccc1-c1ccc(-c2nn[nH]n2)cc1. The van der Waals surface area contributed by atoms with Crippen LogP contribution in [0.25, 0.3) is 28.5 Å². The van der Waals surface area contributed by atoms with E-state index in [2.05, 4.69) is 48.1 Å². The van der Waals surface area contributed by atoms with Gasteiger partial charge in [0.15, 0.2) is 0 Å². The molecule has 5 aromatic rings. The summed E-state index contributed by atoms with van der Waals surface area (Å²) in [4.78, 5) is 17.8. The Kier molecular flexibility index (Phi) is 5.77. The second kappa shape index (κ2) is 9.17. The maximum absolute atomic E-state index is 13.4. The Labute approximate surface area is 194 Å². The van der Waals surface area contributed by atoms with Gasteiger partial charge in [0.05, 0.1) is 6.54 Å². The predicted molar refractivity (Wildman–Crippen MR) is 123 cm³/mol. The highest BCUT2D eigenvalue weighted by Crippen LogP contribution is 2.26. The molecule has 0 aliphatic rings. The van der Waals surface area contributed by atoms with Crippen LogP contribution in [-0.4, -0.2) is 54.9 Å². The summed E-state index contributed by atoms with van der Waals surface area (Å²) in [6.07, 6.45) is 7.05. The Balaban J connectivity index is 1.53. The molecule has 1 N–H and O–H groups in total. The van der Waals surface area contributed by atoms with E-state index >= 15 is 0 Å². The fourth-order valence-electron chi connectivity index (χ4n) is 3.96. The molecule has 0 saturated carbocycles. The van der Waals surface area contributed by atoms with Gasteiger partial charge in [0, 0.05) is 36.4 Å². The summed E-state index contributed by atoms with van der Waals surface area (Å²) in [6, 6.07) is 9.85. The van der Waals surface area contributed by atoms with Crippen LogP contribution in [0.3, 0.4) is 0 Å². The van der Waals surface area contributed by atoms with Crippen LogP contribution < -0.4 is 5.69 Å². The number of imidazole rings is 1. The monoisotopic (exact) mass is 457 g/mol. The average molecular weight is 458 g/mol. The van der Waals surface area contributed by atoms with E-state index < -0.39 is 0 Å². The van der Waals surface area contributed by atoms with Crippen molar-refractivity contribution in [3.63, 3.8) is 0 Å². The fraction of sp³-hybridized carbons (Fsp3) is 0.273. The van der Waals surface area contributed by atoms with Crippen LogP contribution in [0.2, 0.25) is 0 Å². The highest BCUT2D eigenvalue weighted by molar-refractivity contribution is 5.69. The zero-order valence-corrected chi connectivity index (χ0v) is 18.8. The molecule has 0 aliphatic heterocycles. The molecule has 12 nitrogen and oxygen atoms in total. The minimum atomic E-state index is -0.185.